The number of carbonyl (C=O) groups is 1. The van der Waals surface area contributed by atoms with Crippen molar-refractivity contribution < 1.29 is 9.53 Å². The molecule has 1 atom stereocenters. The van der Waals surface area contributed by atoms with Crippen LogP contribution < -0.4 is 10.1 Å². The number of para-hydroxylation sites is 2. The fourth-order valence-electron chi connectivity index (χ4n) is 4.29. The summed E-state index contributed by atoms with van der Waals surface area (Å²) in [4.78, 5) is 12.8. The van der Waals surface area contributed by atoms with E-state index in [0.717, 1.165) is 40.4 Å². The summed E-state index contributed by atoms with van der Waals surface area (Å²) in [5.41, 5.74) is 4.98. The first kappa shape index (κ1) is 20.2. The average Bonchev–Trinajstić information content (AvgIpc) is 3.00. The highest BCUT2D eigenvalue weighted by atomic mass is 16.5. The minimum Gasteiger partial charge on any atom is -0.487 e. The number of aryl methyl sites for hydroxylation is 1. The summed E-state index contributed by atoms with van der Waals surface area (Å²) >= 11 is 0. The smallest absolute Gasteiger partial charge is 0.220 e. The molecular weight excluding hydrogens is 374 g/mol. The Kier molecular flexibility index (Phi) is 5.37. The van der Waals surface area contributed by atoms with Crippen molar-refractivity contribution in [1.29, 1.82) is 0 Å². The summed E-state index contributed by atoms with van der Waals surface area (Å²) in [6.07, 6.45) is 1.85. The molecular formula is C25H29N3O2. The number of nitrogens with zero attached hydrogens (tertiary/aromatic N) is 2. The molecule has 2 heterocycles. The van der Waals surface area contributed by atoms with Crippen LogP contribution in [0.15, 0.2) is 54.6 Å². The molecule has 156 valence electrons. The van der Waals surface area contributed by atoms with Crippen LogP contribution in [-0.4, -0.2) is 21.3 Å². The second-order valence-corrected chi connectivity index (χ2v) is 8.62. The maximum atomic E-state index is 12.8. The summed E-state index contributed by atoms with van der Waals surface area (Å²) in [5, 5.41) is 7.92. The molecule has 0 aliphatic carbocycles. The van der Waals surface area contributed by atoms with E-state index in [4.69, 9.17) is 9.84 Å². The molecule has 0 unspecified atom stereocenters. The summed E-state index contributed by atoms with van der Waals surface area (Å²) in [7, 11) is 0. The van der Waals surface area contributed by atoms with Crippen molar-refractivity contribution in [2.24, 2.45) is 0 Å². The minimum absolute atomic E-state index is 0.0355. The molecule has 1 aliphatic heterocycles. The van der Waals surface area contributed by atoms with Crippen molar-refractivity contribution in [3.63, 3.8) is 0 Å². The number of carbonyl (C=O) groups excluding carboxylic acids is 1. The summed E-state index contributed by atoms with van der Waals surface area (Å²) in [6, 6.07) is 18.0. The van der Waals surface area contributed by atoms with Gasteiger partial charge in [-0.25, -0.2) is 4.68 Å². The predicted octanol–water partition coefficient (Wildman–Crippen LogP) is 4.84. The van der Waals surface area contributed by atoms with E-state index in [0.29, 0.717) is 12.8 Å². The fraction of sp³-hybridized carbons (Fsp3) is 0.360. The number of aromatic nitrogens is 2. The number of fused-ring (bicyclic) bond motifs is 1. The molecule has 1 amide bonds. The third-order valence-corrected chi connectivity index (χ3v) is 5.76. The van der Waals surface area contributed by atoms with Crippen molar-refractivity contribution in [3.05, 3.63) is 77.1 Å². The van der Waals surface area contributed by atoms with Gasteiger partial charge in [0.05, 0.1) is 17.4 Å². The Hall–Kier alpha value is -3.08. The van der Waals surface area contributed by atoms with Crippen LogP contribution in [0.3, 0.4) is 0 Å². The Morgan fingerprint density at radius 3 is 2.60 bits per heavy atom. The zero-order chi connectivity index (χ0) is 21.3. The SMILES string of the molecule is Cc1nn(-c2ccccc2)c(C)c1CCC(=O)N[C@H]1CC(C)(C)Oc2ccccc21. The summed E-state index contributed by atoms with van der Waals surface area (Å²) < 4.78 is 8.03. The number of rotatable bonds is 5. The number of ether oxygens (including phenoxy) is 1. The number of hydrogen-bond acceptors (Lipinski definition) is 3. The third kappa shape index (κ3) is 4.11. The first-order valence-corrected chi connectivity index (χ1v) is 10.5. The first-order valence-electron chi connectivity index (χ1n) is 10.5. The monoisotopic (exact) mass is 403 g/mol. The number of amides is 1. The Labute approximate surface area is 178 Å². The third-order valence-electron chi connectivity index (χ3n) is 5.76. The van der Waals surface area contributed by atoms with Gasteiger partial charge < -0.3 is 10.1 Å². The van der Waals surface area contributed by atoms with Crippen LogP contribution in [0.2, 0.25) is 0 Å². The average molecular weight is 404 g/mol. The quantitative estimate of drug-likeness (QED) is 0.663. The highest BCUT2D eigenvalue weighted by Gasteiger charge is 2.34. The van der Waals surface area contributed by atoms with Crippen LogP contribution in [-0.2, 0) is 11.2 Å². The molecule has 5 heteroatoms. The Balaban J connectivity index is 1.46. The van der Waals surface area contributed by atoms with E-state index in [1.165, 1.54) is 0 Å². The van der Waals surface area contributed by atoms with Gasteiger partial charge in [0.25, 0.3) is 0 Å². The van der Waals surface area contributed by atoms with Crippen LogP contribution in [0.25, 0.3) is 5.69 Å². The highest BCUT2D eigenvalue weighted by Crippen LogP contribution is 2.39. The van der Waals surface area contributed by atoms with E-state index in [1.807, 2.05) is 66.2 Å². The number of hydrogen-bond donors (Lipinski definition) is 1. The van der Waals surface area contributed by atoms with Crippen LogP contribution >= 0.6 is 0 Å². The molecule has 0 fully saturated rings. The molecule has 0 spiro atoms. The molecule has 0 bridgehead atoms. The van der Waals surface area contributed by atoms with Crippen molar-refractivity contribution >= 4 is 5.91 Å². The van der Waals surface area contributed by atoms with Gasteiger partial charge >= 0.3 is 0 Å². The van der Waals surface area contributed by atoms with Gasteiger partial charge in [-0.05, 0) is 57.9 Å². The molecule has 0 radical (unpaired) electrons. The minimum atomic E-state index is -0.309. The number of benzene rings is 2. The van der Waals surface area contributed by atoms with E-state index >= 15 is 0 Å². The van der Waals surface area contributed by atoms with Crippen LogP contribution in [0.4, 0.5) is 0 Å². The van der Waals surface area contributed by atoms with Gasteiger partial charge in [-0.3, -0.25) is 4.79 Å². The van der Waals surface area contributed by atoms with Crippen molar-refractivity contribution in [2.45, 2.75) is 58.6 Å². The van der Waals surface area contributed by atoms with E-state index in [2.05, 4.69) is 26.1 Å². The standard InChI is InChI=1S/C25H29N3O2/c1-17-20(18(2)28(27-17)19-10-6-5-7-11-19)14-15-24(29)26-22-16-25(3,4)30-23-13-9-8-12-21(22)23/h5-13,22H,14-16H2,1-4H3,(H,26,29)/t22-/m0/s1. The molecule has 1 aromatic heterocycles. The fourth-order valence-corrected chi connectivity index (χ4v) is 4.29. The predicted molar refractivity (Wildman–Crippen MR) is 118 cm³/mol. The Bertz CT molecular complexity index is 1050. The Morgan fingerprint density at radius 1 is 1.13 bits per heavy atom. The topological polar surface area (TPSA) is 56.2 Å². The van der Waals surface area contributed by atoms with E-state index in [1.54, 1.807) is 0 Å². The number of nitrogens with one attached hydrogen (secondary N) is 1. The van der Waals surface area contributed by atoms with Crippen LogP contribution in [0.1, 0.15) is 55.2 Å². The molecule has 0 saturated carbocycles. The maximum absolute atomic E-state index is 12.8. The van der Waals surface area contributed by atoms with Crippen LogP contribution in [0.5, 0.6) is 5.75 Å². The van der Waals surface area contributed by atoms with Crippen molar-refractivity contribution in [3.8, 4) is 11.4 Å². The molecule has 1 N–H and O–H groups in total. The lowest BCUT2D eigenvalue weighted by Gasteiger charge is -2.37. The van der Waals surface area contributed by atoms with Gasteiger partial charge in [0, 0.05) is 24.1 Å². The molecule has 0 saturated heterocycles. The van der Waals surface area contributed by atoms with Gasteiger partial charge in [0.2, 0.25) is 5.91 Å². The molecule has 5 nitrogen and oxygen atoms in total. The normalized spacial score (nSPS) is 17.1. The van der Waals surface area contributed by atoms with E-state index < -0.39 is 0 Å². The summed E-state index contributed by atoms with van der Waals surface area (Å²) in [6.45, 7) is 8.20. The van der Waals surface area contributed by atoms with E-state index in [-0.39, 0.29) is 17.6 Å². The summed E-state index contributed by atoms with van der Waals surface area (Å²) in [5.74, 6) is 0.911. The largest absolute Gasteiger partial charge is 0.487 e. The lowest BCUT2D eigenvalue weighted by Crippen LogP contribution is -2.41. The van der Waals surface area contributed by atoms with E-state index in [9.17, 15) is 4.79 Å². The lowest BCUT2D eigenvalue weighted by atomic mass is 9.89. The molecule has 1 aliphatic rings. The van der Waals surface area contributed by atoms with Crippen molar-refractivity contribution in [1.82, 2.24) is 15.1 Å². The van der Waals surface area contributed by atoms with Crippen LogP contribution in [0, 0.1) is 13.8 Å². The molecule has 4 rings (SSSR count). The van der Waals surface area contributed by atoms with Gasteiger partial charge in [-0.15, -0.1) is 0 Å². The first-order chi connectivity index (χ1) is 14.3. The molecule has 30 heavy (non-hydrogen) atoms. The Morgan fingerprint density at radius 2 is 1.83 bits per heavy atom. The van der Waals surface area contributed by atoms with Gasteiger partial charge in [0.1, 0.15) is 11.4 Å². The molecule has 2 aromatic carbocycles. The maximum Gasteiger partial charge on any atom is 0.220 e. The van der Waals surface area contributed by atoms with Gasteiger partial charge in [-0.2, -0.15) is 5.10 Å². The molecule has 3 aromatic rings. The van der Waals surface area contributed by atoms with Crippen molar-refractivity contribution in [2.75, 3.05) is 0 Å². The zero-order valence-electron chi connectivity index (χ0n) is 18.1. The van der Waals surface area contributed by atoms with Gasteiger partial charge in [-0.1, -0.05) is 36.4 Å². The zero-order valence-corrected chi connectivity index (χ0v) is 18.1. The highest BCUT2D eigenvalue weighted by molar-refractivity contribution is 5.77. The lowest BCUT2D eigenvalue weighted by molar-refractivity contribution is -0.122. The van der Waals surface area contributed by atoms with Gasteiger partial charge in [0.15, 0.2) is 0 Å². The second kappa shape index (κ2) is 7.98. The second-order valence-electron chi connectivity index (χ2n) is 8.62.